The first-order chi connectivity index (χ1) is 9.02. The van der Waals surface area contributed by atoms with Crippen LogP contribution in [0.25, 0.3) is 11.0 Å². The van der Waals surface area contributed by atoms with Gasteiger partial charge >= 0.3 is 5.97 Å². The van der Waals surface area contributed by atoms with Crippen LogP contribution in [0.5, 0.6) is 0 Å². The number of methoxy groups -OCH3 is 1. The van der Waals surface area contributed by atoms with Crippen molar-refractivity contribution in [1.82, 2.24) is 9.55 Å². The summed E-state index contributed by atoms with van der Waals surface area (Å²) in [5.74, 6) is 0.558. The molecule has 102 valence electrons. The molecule has 0 bridgehead atoms. The summed E-state index contributed by atoms with van der Waals surface area (Å²) in [6, 6.07) is 5.39. The minimum atomic E-state index is -0.352. The molecule has 0 N–H and O–H groups in total. The van der Waals surface area contributed by atoms with Crippen LogP contribution in [0, 0.1) is 6.92 Å². The third kappa shape index (κ3) is 2.76. The quantitative estimate of drug-likeness (QED) is 0.792. The maximum absolute atomic E-state index is 12.0. The van der Waals surface area contributed by atoms with Crippen molar-refractivity contribution in [2.24, 2.45) is 7.05 Å². The van der Waals surface area contributed by atoms with Gasteiger partial charge in [-0.05, 0) is 32.0 Å². The zero-order chi connectivity index (χ0) is 14.0. The summed E-state index contributed by atoms with van der Waals surface area (Å²) in [4.78, 5) is 16.4. The maximum Gasteiger partial charge on any atom is 0.338 e. The Labute approximate surface area is 112 Å². The zero-order valence-corrected chi connectivity index (χ0v) is 11.6. The van der Waals surface area contributed by atoms with E-state index in [-0.39, 0.29) is 12.1 Å². The predicted molar refractivity (Wildman–Crippen MR) is 72.2 cm³/mol. The van der Waals surface area contributed by atoms with Gasteiger partial charge in [0.15, 0.2) is 0 Å². The van der Waals surface area contributed by atoms with E-state index in [2.05, 4.69) is 4.98 Å². The molecule has 0 unspecified atom stereocenters. The molecule has 5 heteroatoms. The fourth-order valence-electron chi connectivity index (χ4n) is 1.97. The number of nitrogens with zero attached hydrogens (tertiary/aromatic N) is 2. The highest BCUT2D eigenvalue weighted by Gasteiger charge is 2.14. The van der Waals surface area contributed by atoms with Crippen LogP contribution < -0.4 is 0 Å². The molecule has 0 aliphatic carbocycles. The topological polar surface area (TPSA) is 53.4 Å². The van der Waals surface area contributed by atoms with Crippen molar-refractivity contribution in [2.75, 3.05) is 13.7 Å². The SMILES string of the molecule is COC[C@H](C)OC(=O)c1ccc2c(c1)nc(C)n2C. The van der Waals surface area contributed by atoms with Gasteiger partial charge in [-0.3, -0.25) is 0 Å². The van der Waals surface area contributed by atoms with E-state index in [1.54, 1.807) is 26.2 Å². The Morgan fingerprint density at radius 3 is 2.89 bits per heavy atom. The van der Waals surface area contributed by atoms with Crippen molar-refractivity contribution in [3.8, 4) is 0 Å². The fraction of sp³-hybridized carbons (Fsp3) is 0.429. The van der Waals surface area contributed by atoms with E-state index >= 15 is 0 Å². The molecular weight excluding hydrogens is 244 g/mol. The Morgan fingerprint density at radius 2 is 2.21 bits per heavy atom. The third-order valence-corrected chi connectivity index (χ3v) is 3.05. The molecule has 1 heterocycles. The fourth-order valence-corrected chi connectivity index (χ4v) is 1.97. The lowest BCUT2D eigenvalue weighted by Gasteiger charge is -2.11. The van der Waals surface area contributed by atoms with Gasteiger partial charge in [-0.25, -0.2) is 9.78 Å². The first-order valence-electron chi connectivity index (χ1n) is 6.16. The number of hydrogen-bond donors (Lipinski definition) is 0. The maximum atomic E-state index is 12.0. The standard InChI is InChI=1S/C14H18N2O3/c1-9(8-18-4)19-14(17)11-5-6-13-12(7-11)15-10(2)16(13)3/h5-7,9H,8H2,1-4H3/t9-/m0/s1. The summed E-state index contributed by atoms with van der Waals surface area (Å²) in [5, 5.41) is 0. The Balaban J connectivity index is 2.23. The lowest BCUT2D eigenvalue weighted by molar-refractivity contribution is 0.0120. The average molecular weight is 262 g/mol. The zero-order valence-electron chi connectivity index (χ0n) is 11.6. The summed E-state index contributed by atoms with van der Waals surface area (Å²) in [7, 11) is 3.52. The van der Waals surface area contributed by atoms with Crippen LogP contribution in [0.3, 0.4) is 0 Å². The van der Waals surface area contributed by atoms with E-state index in [4.69, 9.17) is 9.47 Å². The number of aromatic nitrogens is 2. The molecule has 19 heavy (non-hydrogen) atoms. The molecule has 1 atom stereocenters. The number of ether oxygens (including phenoxy) is 2. The molecule has 2 rings (SSSR count). The summed E-state index contributed by atoms with van der Waals surface area (Å²) in [6.45, 7) is 4.11. The average Bonchev–Trinajstić information content (AvgIpc) is 2.65. The second-order valence-electron chi connectivity index (χ2n) is 4.59. The number of fused-ring (bicyclic) bond motifs is 1. The Hall–Kier alpha value is -1.88. The molecule has 0 saturated carbocycles. The van der Waals surface area contributed by atoms with Crippen molar-refractivity contribution in [3.05, 3.63) is 29.6 Å². The minimum absolute atomic E-state index is 0.265. The largest absolute Gasteiger partial charge is 0.457 e. The van der Waals surface area contributed by atoms with Crippen LogP contribution in [0.2, 0.25) is 0 Å². The smallest absolute Gasteiger partial charge is 0.338 e. The van der Waals surface area contributed by atoms with Gasteiger partial charge in [-0.15, -0.1) is 0 Å². The van der Waals surface area contributed by atoms with Crippen molar-refractivity contribution >= 4 is 17.0 Å². The van der Waals surface area contributed by atoms with E-state index in [1.807, 2.05) is 24.6 Å². The highest BCUT2D eigenvalue weighted by Crippen LogP contribution is 2.17. The Kier molecular flexibility index (Phi) is 3.85. The van der Waals surface area contributed by atoms with Crippen molar-refractivity contribution in [2.45, 2.75) is 20.0 Å². The monoisotopic (exact) mass is 262 g/mol. The lowest BCUT2D eigenvalue weighted by atomic mass is 10.2. The van der Waals surface area contributed by atoms with Crippen molar-refractivity contribution in [1.29, 1.82) is 0 Å². The van der Waals surface area contributed by atoms with Crippen LogP contribution in [0.15, 0.2) is 18.2 Å². The molecule has 0 radical (unpaired) electrons. The number of imidazole rings is 1. The van der Waals surface area contributed by atoms with Gasteiger partial charge in [0.2, 0.25) is 0 Å². The second kappa shape index (κ2) is 5.40. The predicted octanol–water partition coefficient (Wildman–Crippen LogP) is 2.07. The van der Waals surface area contributed by atoms with Gasteiger partial charge in [0.05, 0.1) is 23.2 Å². The molecule has 1 aromatic carbocycles. The number of rotatable bonds is 4. The molecule has 0 aliphatic heterocycles. The van der Waals surface area contributed by atoms with Crippen LogP contribution in [-0.4, -0.2) is 35.3 Å². The number of benzene rings is 1. The van der Waals surface area contributed by atoms with E-state index < -0.39 is 0 Å². The third-order valence-electron chi connectivity index (χ3n) is 3.05. The van der Waals surface area contributed by atoms with Crippen molar-refractivity contribution < 1.29 is 14.3 Å². The Morgan fingerprint density at radius 1 is 1.47 bits per heavy atom. The van der Waals surface area contributed by atoms with Gasteiger partial charge in [0, 0.05) is 14.2 Å². The molecular formula is C14H18N2O3. The highest BCUT2D eigenvalue weighted by atomic mass is 16.6. The molecule has 0 amide bonds. The summed E-state index contributed by atoms with van der Waals surface area (Å²) < 4.78 is 12.2. The summed E-state index contributed by atoms with van der Waals surface area (Å²) in [5.41, 5.74) is 2.31. The first-order valence-corrected chi connectivity index (χ1v) is 6.16. The summed E-state index contributed by atoms with van der Waals surface area (Å²) in [6.07, 6.45) is -0.265. The molecule has 0 fully saturated rings. The van der Waals surface area contributed by atoms with Gasteiger partial charge in [0.25, 0.3) is 0 Å². The molecule has 2 aromatic rings. The number of carbonyl (C=O) groups is 1. The minimum Gasteiger partial charge on any atom is -0.457 e. The van der Waals surface area contributed by atoms with Crippen LogP contribution in [0.4, 0.5) is 0 Å². The second-order valence-corrected chi connectivity index (χ2v) is 4.59. The molecule has 0 aliphatic rings. The number of carbonyl (C=O) groups excluding carboxylic acids is 1. The van der Waals surface area contributed by atoms with E-state index in [9.17, 15) is 4.79 Å². The molecule has 5 nitrogen and oxygen atoms in total. The van der Waals surface area contributed by atoms with Gasteiger partial charge < -0.3 is 14.0 Å². The first kappa shape index (κ1) is 13.5. The van der Waals surface area contributed by atoms with Gasteiger partial charge in [0.1, 0.15) is 11.9 Å². The van der Waals surface area contributed by atoms with Crippen LogP contribution >= 0.6 is 0 Å². The van der Waals surface area contributed by atoms with Crippen LogP contribution in [0.1, 0.15) is 23.1 Å². The highest BCUT2D eigenvalue weighted by molar-refractivity contribution is 5.93. The van der Waals surface area contributed by atoms with Gasteiger partial charge in [-0.2, -0.15) is 0 Å². The lowest BCUT2D eigenvalue weighted by Crippen LogP contribution is -2.19. The van der Waals surface area contributed by atoms with E-state index in [0.717, 1.165) is 16.9 Å². The number of esters is 1. The number of aryl methyl sites for hydroxylation is 2. The van der Waals surface area contributed by atoms with E-state index in [0.29, 0.717) is 12.2 Å². The normalized spacial score (nSPS) is 12.6. The number of hydrogen-bond acceptors (Lipinski definition) is 4. The van der Waals surface area contributed by atoms with Crippen molar-refractivity contribution in [3.63, 3.8) is 0 Å². The summed E-state index contributed by atoms with van der Waals surface area (Å²) >= 11 is 0. The molecule has 0 spiro atoms. The van der Waals surface area contributed by atoms with E-state index in [1.165, 1.54) is 0 Å². The molecule has 1 aromatic heterocycles. The Bertz CT molecular complexity index is 604. The van der Waals surface area contributed by atoms with Gasteiger partial charge in [-0.1, -0.05) is 0 Å². The molecule has 0 saturated heterocycles. The van der Waals surface area contributed by atoms with Crippen LogP contribution in [-0.2, 0) is 16.5 Å².